The van der Waals surface area contributed by atoms with Crippen molar-refractivity contribution in [3.05, 3.63) is 58.5 Å². The van der Waals surface area contributed by atoms with Gasteiger partial charge in [-0.1, -0.05) is 0 Å². The van der Waals surface area contributed by atoms with Gasteiger partial charge in [0.1, 0.15) is 11.6 Å². The van der Waals surface area contributed by atoms with Gasteiger partial charge in [-0.25, -0.2) is 9.37 Å². The minimum absolute atomic E-state index is 0.110. The molecule has 0 spiro atoms. The van der Waals surface area contributed by atoms with E-state index in [0.717, 1.165) is 0 Å². The fourth-order valence-corrected chi connectivity index (χ4v) is 1.71. The molecule has 102 valence electrons. The summed E-state index contributed by atoms with van der Waals surface area (Å²) in [7, 11) is 0. The monoisotopic (exact) mass is 275 g/mol. The number of benzene rings is 1. The number of carbonyl (C=O) groups is 1. The van der Waals surface area contributed by atoms with Gasteiger partial charge < -0.3 is 0 Å². The first kappa shape index (κ1) is 13.6. The first-order chi connectivity index (χ1) is 9.49. The SMILES string of the molecule is CC(=O)N(c1ccc(F)cc1)c1cc([N+](=O)[O-])ccn1. The third-order valence-electron chi connectivity index (χ3n) is 2.57. The molecule has 7 heteroatoms. The first-order valence-corrected chi connectivity index (χ1v) is 5.66. The van der Waals surface area contributed by atoms with Gasteiger partial charge >= 0.3 is 0 Å². The molecule has 6 nitrogen and oxygen atoms in total. The van der Waals surface area contributed by atoms with Gasteiger partial charge in [-0.05, 0) is 24.3 Å². The normalized spacial score (nSPS) is 10.1. The van der Waals surface area contributed by atoms with E-state index >= 15 is 0 Å². The van der Waals surface area contributed by atoms with Crippen LogP contribution in [0.5, 0.6) is 0 Å². The van der Waals surface area contributed by atoms with E-state index in [-0.39, 0.29) is 17.4 Å². The van der Waals surface area contributed by atoms with Crippen molar-refractivity contribution in [1.29, 1.82) is 0 Å². The number of carbonyl (C=O) groups excluding carboxylic acids is 1. The summed E-state index contributed by atoms with van der Waals surface area (Å²) in [6.45, 7) is 1.30. The summed E-state index contributed by atoms with van der Waals surface area (Å²) < 4.78 is 12.9. The quantitative estimate of drug-likeness (QED) is 0.637. The molecular weight excluding hydrogens is 265 g/mol. The number of rotatable bonds is 3. The highest BCUT2D eigenvalue weighted by atomic mass is 19.1. The average Bonchev–Trinajstić information content (AvgIpc) is 2.41. The maximum Gasteiger partial charge on any atom is 0.274 e. The molecule has 0 saturated carbocycles. The van der Waals surface area contributed by atoms with Crippen LogP contribution in [0, 0.1) is 15.9 Å². The number of aromatic nitrogens is 1. The molecule has 20 heavy (non-hydrogen) atoms. The highest BCUT2D eigenvalue weighted by Crippen LogP contribution is 2.26. The van der Waals surface area contributed by atoms with E-state index in [1.165, 1.54) is 54.4 Å². The lowest BCUT2D eigenvalue weighted by Crippen LogP contribution is -2.23. The van der Waals surface area contributed by atoms with Crippen LogP contribution in [0.25, 0.3) is 0 Å². The van der Waals surface area contributed by atoms with Crippen molar-refractivity contribution in [1.82, 2.24) is 4.98 Å². The molecule has 0 radical (unpaired) electrons. The molecule has 0 bridgehead atoms. The first-order valence-electron chi connectivity index (χ1n) is 5.66. The average molecular weight is 275 g/mol. The Morgan fingerprint density at radius 2 is 1.95 bits per heavy atom. The fourth-order valence-electron chi connectivity index (χ4n) is 1.71. The van der Waals surface area contributed by atoms with Crippen molar-refractivity contribution in [3.63, 3.8) is 0 Å². The summed E-state index contributed by atoms with van der Waals surface area (Å²) in [4.78, 5) is 27.0. The van der Waals surface area contributed by atoms with Crippen molar-refractivity contribution in [2.75, 3.05) is 4.90 Å². The molecule has 0 fully saturated rings. The molecule has 0 N–H and O–H groups in total. The molecule has 0 atom stereocenters. The summed E-state index contributed by atoms with van der Waals surface area (Å²) in [6.07, 6.45) is 1.24. The molecule has 0 aliphatic carbocycles. The third-order valence-corrected chi connectivity index (χ3v) is 2.57. The minimum Gasteiger partial charge on any atom is -0.274 e. The van der Waals surface area contributed by atoms with Crippen LogP contribution in [0.3, 0.4) is 0 Å². The van der Waals surface area contributed by atoms with Crippen molar-refractivity contribution >= 4 is 23.1 Å². The number of anilines is 2. The Morgan fingerprint density at radius 3 is 2.50 bits per heavy atom. The van der Waals surface area contributed by atoms with E-state index < -0.39 is 10.7 Å². The van der Waals surface area contributed by atoms with Crippen molar-refractivity contribution in [2.45, 2.75) is 6.92 Å². The van der Waals surface area contributed by atoms with Crippen LogP contribution in [0.1, 0.15) is 6.92 Å². The minimum atomic E-state index is -0.575. The summed E-state index contributed by atoms with van der Waals surface area (Å²) >= 11 is 0. The zero-order valence-corrected chi connectivity index (χ0v) is 10.5. The van der Waals surface area contributed by atoms with Gasteiger partial charge in [0.25, 0.3) is 5.69 Å². The van der Waals surface area contributed by atoms with Gasteiger partial charge in [0.15, 0.2) is 0 Å². The summed E-state index contributed by atoms with van der Waals surface area (Å²) in [5.74, 6) is -0.716. The molecular formula is C13H10FN3O3. The van der Waals surface area contributed by atoms with Crippen LogP contribution in [0.2, 0.25) is 0 Å². The second kappa shape index (κ2) is 5.43. The Bertz CT molecular complexity index is 658. The van der Waals surface area contributed by atoms with Crippen LogP contribution < -0.4 is 4.90 Å². The van der Waals surface area contributed by atoms with Crippen molar-refractivity contribution in [3.8, 4) is 0 Å². The highest BCUT2D eigenvalue weighted by molar-refractivity contribution is 5.98. The van der Waals surface area contributed by atoms with E-state index in [2.05, 4.69) is 4.98 Å². The molecule has 1 aromatic carbocycles. The van der Waals surface area contributed by atoms with Crippen LogP contribution >= 0.6 is 0 Å². The van der Waals surface area contributed by atoms with E-state index in [4.69, 9.17) is 0 Å². The predicted octanol–water partition coefficient (Wildman–Crippen LogP) is 2.81. The Morgan fingerprint density at radius 1 is 1.30 bits per heavy atom. The lowest BCUT2D eigenvalue weighted by molar-refractivity contribution is -0.384. The summed E-state index contributed by atoms with van der Waals surface area (Å²) in [6, 6.07) is 7.61. The molecule has 0 aliphatic heterocycles. The Labute approximate surface area is 113 Å². The highest BCUT2D eigenvalue weighted by Gasteiger charge is 2.18. The zero-order chi connectivity index (χ0) is 14.7. The van der Waals surface area contributed by atoms with Crippen molar-refractivity contribution < 1.29 is 14.1 Å². The maximum absolute atomic E-state index is 12.9. The number of amides is 1. The van der Waals surface area contributed by atoms with Crippen LogP contribution in [0.4, 0.5) is 21.6 Å². The number of hydrogen-bond donors (Lipinski definition) is 0. The maximum atomic E-state index is 12.9. The smallest absolute Gasteiger partial charge is 0.274 e. The second-order valence-corrected chi connectivity index (χ2v) is 3.96. The van der Waals surface area contributed by atoms with Gasteiger partial charge in [0, 0.05) is 19.2 Å². The number of halogens is 1. The van der Waals surface area contributed by atoms with E-state index in [1.807, 2.05) is 0 Å². The van der Waals surface area contributed by atoms with E-state index in [9.17, 15) is 19.3 Å². The standard InChI is InChI=1S/C13H10FN3O3/c1-9(18)16(11-4-2-10(14)3-5-11)13-8-12(17(19)20)6-7-15-13/h2-8H,1H3. The molecule has 0 saturated heterocycles. The molecule has 2 rings (SSSR count). The largest absolute Gasteiger partial charge is 0.274 e. The fraction of sp³-hybridized carbons (Fsp3) is 0.0769. The molecule has 0 unspecified atom stereocenters. The molecule has 1 heterocycles. The third kappa shape index (κ3) is 2.77. The van der Waals surface area contributed by atoms with Gasteiger partial charge in [0.05, 0.1) is 16.7 Å². The summed E-state index contributed by atoms with van der Waals surface area (Å²) in [5, 5.41) is 10.8. The zero-order valence-electron chi connectivity index (χ0n) is 10.5. The Hall–Kier alpha value is -2.83. The number of nitro groups is 1. The second-order valence-electron chi connectivity index (χ2n) is 3.96. The van der Waals surface area contributed by atoms with Crippen molar-refractivity contribution in [2.24, 2.45) is 0 Å². The molecule has 2 aromatic rings. The number of hydrogen-bond acceptors (Lipinski definition) is 4. The van der Waals surface area contributed by atoms with Gasteiger partial charge in [-0.3, -0.25) is 19.8 Å². The summed E-state index contributed by atoms with van der Waals surface area (Å²) in [5.41, 5.74) is 0.204. The lowest BCUT2D eigenvalue weighted by atomic mass is 10.2. The van der Waals surface area contributed by atoms with Crippen LogP contribution in [-0.4, -0.2) is 15.8 Å². The number of pyridine rings is 1. The Kier molecular flexibility index (Phi) is 3.69. The van der Waals surface area contributed by atoms with E-state index in [0.29, 0.717) is 5.69 Å². The van der Waals surface area contributed by atoms with Gasteiger partial charge in [0.2, 0.25) is 5.91 Å². The lowest BCUT2D eigenvalue weighted by Gasteiger charge is -2.19. The molecule has 1 amide bonds. The topological polar surface area (TPSA) is 76.3 Å². The Balaban J connectivity index is 2.48. The number of nitrogens with zero attached hydrogens (tertiary/aromatic N) is 3. The van der Waals surface area contributed by atoms with Gasteiger partial charge in [-0.2, -0.15) is 0 Å². The molecule has 1 aromatic heterocycles. The molecule has 0 aliphatic rings. The van der Waals surface area contributed by atoms with Gasteiger partial charge in [-0.15, -0.1) is 0 Å². The van der Waals surface area contributed by atoms with E-state index in [1.54, 1.807) is 0 Å². The van der Waals surface area contributed by atoms with Crippen LogP contribution in [-0.2, 0) is 4.79 Å². The predicted molar refractivity (Wildman–Crippen MR) is 70.1 cm³/mol. The van der Waals surface area contributed by atoms with Crippen LogP contribution in [0.15, 0.2) is 42.6 Å².